The van der Waals surface area contributed by atoms with E-state index in [0.29, 0.717) is 24.6 Å². The predicted molar refractivity (Wildman–Crippen MR) is 91.3 cm³/mol. The molecule has 4 nitrogen and oxygen atoms in total. The van der Waals surface area contributed by atoms with Gasteiger partial charge in [0.05, 0.1) is 22.7 Å². The second-order valence-electron chi connectivity index (χ2n) is 5.94. The van der Waals surface area contributed by atoms with E-state index in [9.17, 15) is 18.0 Å². The van der Waals surface area contributed by atoms with E-state index < -0.39 is 11.7 Å². The Hall–Kier alpha value is -3.09. The van der Waals surface area contributed by atoms with Crippen LogP contribution in [0.1, 0.15) is 23.6 Å². The van der Waals surface area contributed by atoms with Crippen LogP contribution in [0, 0.1) is 0 Å². The maximum Gasteiger partial charge on any atom is 0.416 e. The number of allylic oxidation sites excluding steroid dienone is 3. The van der Waals surface area contributed by atoms with Gasteiger partial charge in [0.25, 0.3) is 5.56 Å². The predicted octanol–water partition coefficient (Wildman–Crippen LogP) is 4.51. The lowest BCUT2D eigenvalue weighted by molar-refractivity contribution is -0.137. The van der Waals surface area contributed by atoms with Gasteiger partial charge in [0.2, 0.25) is 0 Å². The molecule has 0 saturated carbocycles. The Bertz CT molecular complexity index is 1090. The van der Waals surface area contributed by atoms with Crippen LogP contribution < -0.4 is 5.56 Å². The van der Waals surface area contributed by atoms with Gasteiger partial charge < -0.3 is 4.42 Å². The molecule has 26 heavy (non-hydrogen) atoms. The first kappa shape index (κ1) is 16.4. The summed E-state index contributed by atoms with van der Waals surface area (Å²) in [6, 6.07) is 6.59. The van der Waals surface area contributed by atoms with Crippen LogP contribution in [0.25, 0.3) is 22.6 Å². The van der Waals surface area contributed by atoms with E-state index in [0.717, 1.165) is 17.7 Å². The average Bonchev–Trinajstić information content (AvgIpc) is 3.24. The van der Waals surface area contributed by atoms with Gasteiger partial charge >= 0.3 is 6.18 Å². The van der Waals surface area contributed by atoms with Gasteiger partial charge in [-0.15, -0.1) is 0 Å². The van der Waals surface area contributed by atoms with Crippen LogP contribution in [-0.2, 0) is 12.7 Å². The largest absolute Gasteiger partial charge is 0.465 e. The van der Waals surface area contributed by atoms with Crippen LogP contribution in [0.2, 0.25) is 0 Å². The summed E-state index contributed by atoms with van der Waals surface area (Å²) < 4.78 is 45.5. The Morgan fingerprint density at radius 1 is 1.23 bits per heavy atom. The molecule has 0 fully saturated rings. The van der Waals surface area contributed by atoms with Crippen LogP contribution in [-0.4, -0.2) is 9.55 Å². The van der Waals surface area contributed by atoms with Crippen molar-refractivity contribution in [2.24, 2.45) is 0 Å². The maximum absolute atomic E-state index is 12.9. The molecule has 7 heteroatoms. The summed E-state index contributed by atoms with van der Waals surface area (Å²) in [5.74, 6) is 1.09. The highest BCUT2D eigenvalue weighted by atomic mass is 19.4. The first-order chi connectivity index (χ1) is 12.4. The number of nitrogens with zero attached hydrogens (tertiary/aromatic N) is 2. The number of benzene rings is 1. The van der Waals surface area contributed by atoms with Gasteiger partial charge in [-0.25, -0.2) is 4.98 Å². The molecule has 4 rings (SSSR count). The van der Waals surface area contributed by atoms with Crippen molar-refractivity contribution in [2.75, 3.05) is 0 Å². The fourth-order valence-corrected chi connectivity index (χ4v) is 3.00. The molecule has 3 heterocycles. The van der Waals surface area contributed by atoms with Gasteiger partial charge in [0, 0.05) is 6.54 Å². The smallest absolute Gasteiger partial charge is 0.416 e. The first-order valence-corrected chi connectivity index (χ1v) is 7.96. The van der Waals surface area contributed by atoms with Crippen molar-refractivity contribution in [3.63, 3.8) is 0 Å². The minimum atomic E-state index is -4.48. The second kappa shape index (κ2) is 6.01. The Balaban J connectivity index is 1.79. The molecule has 132 valence electrons. The normalized spacial score (nSPS) is 16.0. The molecule has 0 aliphatic carbocycles. The van der Waals surface area contributed by atoms with Crippen molar-refractivity contribution in [3.05, 3.63) is 76.2 Å². The molecule has 2 aromatic heterocycles. The number of fused-ring (bicyclic) bond motifs is 2. The third-order valence-corrected chi connectivity index (χ3v) is 4.28. The van der Waals surface area contributed by atoms with Gasteiger partial charge in [-0.3, -0.25) is 9.36 Å². The standard InChI is InChI=1S/C19H13F3N2O2/c20-19(21,22)13-6-7-15-16(11-13)23-17-12(8-9-24(17)18(15)25)3-1-4-14-5-2-10-26-14/h1-7,10-11H,8-9H2/b4-1+,12-3-. The molecule has 0 bridgehead atoms. The van der Waals surface area contributed by atoms with Crippen LogP contribution in [0.3, 0.4) is 0 Å². The van der Waals surface area contributed by atoms with Crippen molar-refractivity contribution < 1.29 is 17.6 Å². The number of rotatable bonds is 2. The first-order valence-electron chi connectivity index (χ1n) is 7.96. The summed E-state index contributed by atoms with van der Waals surface area (Å²) in [4.78, 5) is 16.9. The Labute approximate surface area is 145 Å². The average molecular weight is 358 g/mol. The molecule has 0 N–H and O–H groups in total. The lowest BCUT2D eigenvalue weighted by Crippen LogP contribution is -2.21. The van der Waals surface area contributed by atoms with E-state index in [4.69, 9.17) is 4.42 Å². The number of hydrogen-bond acceptors (Lipinski definition) is 3. The fraction of sp³-hybridized carbons (Fsp3) is 0.158. The van der Waals surface area contributed by atoms with E-state index >= 15 is 0 Å². The molecule has 1 aliphatic heterocycles. The summed E-state index contributed by atoms with van der Waals surface area (Å²) in [6.45, 7) is 0.457. The van der Waals surface area contributed by atoms with E-state index in [1.807, 2.05) is 0 Å². The minimum Gasteiger partial charge on any atom is -0.465 e. The molecule has 0 atom stereocenters. The molecule has 0 saturated heterocycles. The lowest BCUT2D eigenvalue weighted by Gasteiger charge is -2.09. The lowest BCUT2D eigenvalue weighted by atomic mass is 10.1. The van der Waals surface area contributed by atoms with Crippen LogP contribution in [0.5, 0.6) is 0 Å². The maximum atomic E-state index is 12.9. The van der Waals surface area contributed by atoms with Crippen molar-refractivity contribution in [1.82, 2.24) is 9.55 Å². The molecule has 0 unspecified atom stereocenters. The summed E-state index contributed by atoms with van der Waals surface area (Å²) in [6.07, 6.45) is 3.00. The van der Waals surface area contributed by atoms with Crippen molar-refractivity contribution in [2.45, 2.75) is 19.1 Å². The fourth-order valence-electron chi connectivity index (χ4n) is 3.00. The molecular weight excluding hydrogens is 345 g/mol. The molecule has 3 aromatic rings. The molecule has 1 aromatic carbocycles. The SMILES string of the molecule is O=c1c2ccc(C(F)(F)F)cc2nc2n1CC/C2=C/C=C/c1ccco1. The van der Waals surface area contributed by atoms with Gasteiger partial charge in [-0.05, 0) is 48.4 Å². The third kappa shape index (κ3) is 2.85. The van der Waals surface area contributed by atoms with Gasteiger partial charge in [0.15, 0.2) is 0 Å². The third-order valence-electron chi connectivity index (χ3n) is 4.28. The van der Waals surface area contributed by atoms with Gasteiger partial charge in [0.1, 0.15) is 11.6 Å². The van der Waals surface area contributed by atoms with Crippen LogP contribution in [0.15, 0.2) is 58.0 Å². The van der Waals surface area contributed by atoms with Crippen LogP contribution >= 0.6 is 0 Å². The Morgan fingerprint density at radius 3 is 2.81 bits per heavy atom. The number of furan rings is 1. The number of alkyl halides is 3. The molecule has 1 aliphatic rings. The second-order valence-corrected chi connectivity index (χ2v) is 5.94. The molecule has 0 radical (unpaired) electrons. The zero-order valence-electron chi connectivity index (χ0n) is 13.5. The number of hydrogen-bond donors (Lipinski definition) is 0. The summed E-state index contributed by atoms with van der Waals surface area (Å²) in [7, 11) is 0. The monoisotopic (exact) mass is 358 g/mol. The zero-order chi connectivity index (χ0) is 18.3. The minimum absolute atomic E-state index is 0.0545. The summed E-state index contributed by atoms with van der Waals surface area (Å²) in [5, 5.41) is 0.189. The zero-order valence-corrected chi connectivity index (χ0v) is 13.5. The topological polar surface area (TPSA) is 48.0 Å². The molecular formula is C19H13F3N2O2. The quantitative estimate of drug-likeness (QED) is 0.677. The number of aromatic nitrogens is 2. The number of halogens is 3. The molecule has 0 spiro atoms. The van der Waals surface area contributed by atoms with Crippen molar-refractivity contribution in [3.8, 4) is 0 Å². The van der Waals surface area contributed by atoms with Crippen molar-refractivity contribution >= 4 is 22.6 Å². The van der Waals surface area contributed by atoms with Crippen LogP contribution in [0.4, 0.5) is 13.2 Å². The molecule has 0 amide bonds. The van der Waals surface area contributed by atoms with Gasteiger partial charge in [-0.2, -0.15) is 13.2 Å². The Kier molecular flexibility index (Phi) is 3.79. The highest BCUT2D eigenvalue weighted by Gasteiger charge is 2.31. The highest BCUT2D eigenvalue weighted by molar-refractivity contribution is 5.81. The van der Waals surface area contributed by atoms with Gasteiger partial charge in [-0.1, -0.05) is 12.2 Å². The van der Waals surface area contributed by atoms with E-state index in [-0.39, 0.29) is 16.5 Å². The van der Waals surface area contributed by atoms with E-state index in [1.165, 1.54) is 10.6 Å². The van der Waals surface area contributed by atoms with E-state index in [1.54, 1.807) is 36.6 Å². The Morgan fingerprint density at radius 2 is 2.08 bits per heavy atom. The highest BCUT2D eigenvalue weighted by Crippen LogP contribution is 2.31. The summed E-state index contributed by atoms with van der Waals surface area (Å²) >= 11 is 0. The van der Waals surface area contributed by atoms with Crippen molar-refractivity contribution in [1.29, 1.82) is 0 Å². The summed E-state index contributed by atoms with van der Waals surface area (Å²) in [5.41, 5.74) is -0.289. The van der Waals surface area contributed by atoms with E-state index in [2.05, 4.69) is 4.98 Å².